The zero-order valence-electron chi connectivity index (χ0n) is 12.6. The SMILES string of the molecule is CCCNC(Cc1cc(C)ccc1C)c1cnccn1. The standard InChI is InChI=1S/C17H23N3/c1-4-7-19-16(17-12-18-8-9-20-17)11-15-10-13(2)5-6-14(15)3/h5-6,8-10,12,16,19H,4,7,11H2,1-3H3. The van der Waals surface area contributed by atoms with Crippen molar-refractivity contribution in [2.75, 3.05) is 6.54 Å². The second-order valence-electron chi connectivity index (χ2n) is 5.27. The van der Waals surface area contributed by atoms with Gasteiger partial charge in [-0.1, -0.05) is 30.7 Å². The van der Waals surface area contributed by atoms with Crippen LogP contribution in [-0.4, -0.2) is 16.5 Å². The van der Waals surface area contributed by atoms with E-state index in [0.29, 0.717) is 0 Å². The Labute approximate surface area is 121 Å². The van der Waals surface area contributed by atoms with Gasteiger partial charge in [0.25, 0.3) is 0 Å². The third-order valence-corrected chi connectivity index (χ3v) is 3.51. The van der Waals surface area contributed by atoms with Crippen molar-refractivity contribution in [3.8, 4) is 0 Å². The van der Waals surface area contributed by atoms with Crippen LogP contribution in [0.1, 0.15) is 41.8 Å². The summed E-state index contributed by atoms with van der Waals surface area (Å²) in [4.78, 5) is 8.65. The van der Waals surface area contributed by atoms with Crippen LogP contribution in [-0.2, 0) is 6.42 Å². The maximum atomic E-state index is 4.46. The van der Waals surface area contributed by atoms with Crippen LogP contribution >= 0.6 is 0 Å². The molecule has 0 spiro atoms. The smallest absolute Gasteiger partial charge is 0.0759 e. The lowest BCUT2D eigenvalue weighted by molar-refractivity contribution is 0.515. The number of aryl methyl sites for hydroxylation is 2. The van der Waals surface area contributed by atoms with Gasteiger partial charge in [0.2, 0.25) is 0 Å². The number of benzene rings is 1. The van der Waals surface area contributed by atoms with Crippen LogP contribution in [0.4, 0.5) is 0 Å². The topological polar surface area (TPSA) is 37.8 Å². The zero-order valence-corrected chi connectivity index (χ0v) is 12.6. The largest absolute Gasteiger partial charge is 0.308 e. The van der Waals surface area contributed by atoms with Crippen LogP contribution in [0.15, 0.2) is 36.8 Å². The molecule has 2 rings (SSSR count). The molecule has 0 bridgehead atoms. The molecule has 0 aliphatic heterocycles. The second kappa shape index (κ2) is 7.15. The predicted molar refractivity (Wildman–Crippen MR) is 82.7 cm³/mol. The van der Waals surface area contributed by atoms with Crippen LogP contribution in [0.5, 0.6) is 0 Å². The quantitative estimate of drug-likeness (QED) is 0.873. The van der Waals surface area contributed by atoms with E-state index in [9.17, 15) is 0 Å². The fourth-order valence-electron chi connectivity index (χ4n) is 2.33. The van der Waals surface area contributed by atoms with Gasteiger partial charge < -0.3 is 5.32 Å². The molecule has 1 aromatic carbocycles. The van der Waals surface area contributed by atoms with E-state index in [1.165, 1.54) is 16.7 Å². The molecule has 1 N–H and O–H groups in total. The van der Waals surface area contributed by atoms with Crippen LogP contribution in [0.2, 0.25) is 0 Å². The van der Waals surface area contributed by atoms with E-state index in [-0.39, 0.29) is 6.04 Å². The van der Waals surface area contributed by atoms with Gasteiger partial charge in [-0.05, 0) is 44.4 Å². The molecule has 0 amide bonds. The molecule has 3 nitrogen and oxygen atoms in total. The number of nitrogens with one attached hydrogen (secondary N) is 1. The Balaban J connectivity index is 2.21. The molecule has 106 valence electrons. The summed E-state index contributed by atoms with van der Waals surface area (Å²) in [5.74, 6) is 0. The first-order chi connectivity index (χ1) is 9.70. The summed E-state index contributed by atoms with van der Waals surface area (Å²) >= 11 is 0. The predicted octanol–water partition coefficient (Wildman–Crippen LogP) is 3.38. The maximum absolute atomic E-state index is 4.46. The average molecular weight is 269 g/mol. The lowest BCUT2D eigenvalue weighted by Gasteiger charge is -2.19. The molecule has 1 unspecified atom stereocenters. The number of hydrogen-bond acceptors (Lipinski definition) is 3. The Bertz CT molecular complexity index is 537. The van der Waals surface area contributed by atoms with Crippen LogP contribution < -0.4 is 5.32 Å². The fourth-order valence-corrected chi connectivity index (χ4v) is 2.33. The summed E-state index contributed by atoms with van der Waals surface area (Å²) in [5.41, 5.74) is 5.04. The monoisotopic (exact) mass is 269 g/mol. The summed E-state index contributed by atoms with van der Waals surface area (Å²) in [6.07, 6.45) is 7.41. The fraction of sp³-hybridized carbons (Fsp3) is 0.412. The number of hydrogen-bond donors (Lipinski definition) is 1. The van der Waals surface area contributed by atoms with Gasteiger partial charge in [0.15, 0.2) is 0 Å². The Morgan fingerprint density at radius 2 is 2.05 bits per heavy atom. The molecule has 2 aromatic rings. The van der Waals surface area contributed by atoms with E-state index in [1.54, 1.807) is 12.4 Å². The van der Waals surface area contributed by atoms with Crippen molar-refractivity contribution in [3.63, 3.8) is 0 Å². The summed E-state index contributed by atoms with van der Waals surface area (Å²) in [7, 11) is 0. The van der Waals surface area contributed by atoms with Crippen molar-refractivity contribution >= 4 is 0 Å². The molecule has 0 aliphatic rings. The normalized spacial score (nSPS) is 12.3. The first kappa shape index (κ1) is 14.7. The number of rotatable bonds is 6. The molecule has 0 saturated heterocycles. The Kier molecular flexibility index (Phi) is 5.24. The minimum atomic E-state index is 0.226. The molecule has 1 heterocycles. The Morgan fingerprint density at radius 3 is 2.75 bits per heavy atom. The maximum Gasteiger partial charge on any atom is 0.0759 e. The molecule has 0 radical (unpaired) electrons. The highest BCUT2D eigenvalue weighted by molar-refractivity contribution is 5.31. The molecular formula is C17H23N3. The third kappa shape index (κ3) is 3.87. The van der Waals surface area contributed by atoms with Crippen molar-refractivity contribution in [2.24, 2.45) is 0 Å². The highest BCUT2D eigenvalue weighted by Crippen LogP contribution is 2.19. The van der Waals surface area contributed by atoms with Crippen LogP contribution in [0.25, 0.3) is 0 Å². The minimum absolute atomic E-state index is 0.226. The Hall–Kier alpha value is -1.74. The lowest BCUT2D eigenvalue weighted by Crippen LogP contribution is -2.25. The molecule has 3 heteroatoms. The molecular weight excluding hydrogens is 246 g/mol. The third-order valence-electron chi connectivity index (χ3n) is 3.51. The summed E-state index contributed by atoms with van der Waals surface area (Å²) in [5, 5.41) is 3.58. The molecule has 0 aliphatic carbocycles. The van der Waals surface area contributed by atoms with Crippen LogP contribution in [0.3, 0.4) is 0 Å². The van der Waals surface area contributed by atoms with Gasteiger partial charge in [-0.15, -0.1) is 0 Å². The molecule has 1 atom stereocenters. The second-order valence-corrected chi connectivity index (χ2v) is 5.27. The van der Waals surface area contributed by atoms with Gasteiger partial charge in [-0.2, -0.15) is 0 Å². The van der Waals surface area contributed by atoms with Crippen molar-refractivity contribution in [1.29, 1.82) is 0 Å². The minimum Gasteiger partial charge on any atom is -0.308 e. The van der Waals surface area contributed by atoms with E-state index in [2.05, 4.69) is 54.3 Å². The summed E-state index contributed by atoms with van der Waals surface area (Å²) < 4.78 is 0. The van der Waals surface area contributed by atoms with E-state index in [1.807, 2.05) is 6.20 Å². The van der Waals surface area contributed by atoms with Gasteiger partial charge in [0.05, 0.1) is 11.7 Å². The van der Waals surface area contributed by atoms with E-state index in [4.69, 9.17) is 0 Å². The first-order valence-electron chi connectivity index (χ1n) is 7.26. The van der Waals surface area contributed by atoms with Crippen molar-refractivity contribution in [2.45, 2.75) is 39.7 Å². The van der Waals surface area contributed by atoms with Crippen molar-refractivity contribution in [1.82, 2.24) is 15.3 Å². The van der Waals surface area contributed by atoms with E-state index in [0.717, 1.165) is 25.1 Å². The van der Waals surface area contributed by atoms with Gasteiger partial charge >= 0.3 is 0 Å². The Morgan fingerprint density at radius 1 is 1.20 bits per heavy atom. The highest BCUT2D eigenvalue weighted by Gasteiger charge is 2.14. The number of nitrogens with zero attached hydrogens (tertiary/aromatic N) is 2. The lowest BCUT2D eigenvalue weighted by atomic mass is 9.97. The van der Waals surface area contributed by atoms with E-state index >= 15 is 0 Å². The van der Waals surface area contributed by atoms with Crippen molar-refractivity contribution in [3.05, 3.63) is 59.2 Å². The molecule has 1 aromatic heterocycles. The van der Waals surface area contributed by atoms with Gasteiger partial charge in [-0.25, -0.2) is 0 Å². The van der Waals surface area contributed by atoms with Gasteiger partial charge in [0.1, 0.15) is 0 Å². The first-order valence-corrected chi connectivity index (χ1v) is 7.26. The number of aromatic nitrogens is 2. The van der Waals surface area contributed by atoms with Gasteiger partial charge in [0, 0.05) is 18.6 Å². The van der Waals surface area contributed by atoms with E-state index < -0.39 is 0 Å². The molecule has 0 saturated carbocycles. The average Bonchev–Trinajstić information content (AvgIpc) is 2.48. The highest BCUT2D eigenvalue weighted by atomic mass is 14.9. The van der Waals surface area contributed by atoms with Crippen LogP contribution in [0, 0.1) is 13.8 Å². The van der Waals surface area contributed by atoms with Crippen molar-refractivity contribution < 1.29 is 0 Å². The van der Waals surface area contributed by atoms with Gasteiger partial charge in [-0.3, -0.25) is 9.97 Å². The summed E-state index contributed by atoms with van der Waals surface area (Å²) in [6.45, 7) is 7.48. The summed E-state index contributed by atoms with van der Waals surface area (Å²) in [6, 6.07) is 6.85. The zero-order chi connectivity index (χ0) is 14.4. The molecule has 0 fully saturated rings. The molecule has 20 heavy (non-hydrogen) atoms.